The summed E-state index contributed by atoms with van der Waals surface area (Å²) in [5.41, 5.74) is 12.4. The number of hydrogen-bond donors (Lipinski definition) is 2. The molecule has 2 aromatic heterocycles. The Balaban J connectivity index is 1.46. The number of halogens is 1. The van der Waals surface area contributed by atoms with E-state index in [1.807, 2.05) is 0 Å². The second-order valence-electron chi connectivity index (χ2n) is 8.61. The maximum atomic E-state index is 13.5. The van der Waals surface area contributed by atoms with Crippen molar-refractivity contribution in [3.8, 4) is 5.75 Å². The number of ketones is 1. The molecule has 4 aromatic rings. The molecule has 0 aliphatic carbocycles. The van der Waals surface area contributed by atoms with Crippen molar-refractivity contribution in [2.45, 2.75) is 19.5 Å². The number of anilines is 3. The molecule has 10 nitrogen and oxygen atoms in total. The number of thiazole rings is 1. The van der Waals surface area contributed by atoms with Gasteiger partial charge in [-0.2, -0.15) is 0 Å². The molecule has 0 radical (unpaired) electrons. The summed E-state index contributed by atoms with van der Waals surface area (Å²) in [6, 6.07) is 14.4. The van der Waals surface area contributed by atoms with Crippen molar-refractivity contribution < 1.29 is 27.9 Å². The van der Waals surface area contributed by atoms with E-state index >= 15 is 0 Å². The van der Waals surface area contributed by atoms with E-state index in [1.165, 1.54) is 40.3 Å². The van der Waals surface area contributed by atoms with Crippen LogP contribution in [0.1, 0.15) is 27.9 Å². The van der Waals surface area contributed by atoms with Crippen LogP contribution in [0.2, 0.25) is 0 Å². The van der Waals surface area contributed by atoms with Gasteiger partial charge in [0.15, 0.2) is 11.7 Å². The quantitative estimate of drug-likeness (QED) is 0.268. The van der Waals surface area contributed by atoms with Gasteiger partial charge in [0.25, 0.3) is 5.91 Å². The van der Waals surface area contributed by atoms with E-state index in [9.17, 15) is 18.8 Å². The molecular formula is C27H26FN5O5S. The molecule has 2 amide bonds. The van der Waals surface area contributed by atoms with E-state index in [1.54, 1.807) is 50.4 Å². The number of rotatable bonds is 11. The predicted molar refractivity (Wildman–Crippen MR) is 144 cm³/mol. The average Bonchev–Trinajstić information content (AvgIpc) is 3.57. The maximum absolute atomic E-state index is 13.5. The highest BCUT2D eigenvalue weighted by molar-refractivity contribution is 7.18. The summed E-state index contributed by atoms with van der Waals surface area (Å²) in [5, 5.41) is 0.255. The van der Waals surface area contributed by atoms with E-state index in [-0.39, 0.29) is 34.1 Å². The summed E-state index contributed by atoms with van der Waals surface area (Å²) in [5.74, 6) is -0.671. The second-order valence-corrected chi connectivity index (χ2v) is 9.58. The van der Waals surface area contributed by atoms with E-state index in [2.05, 4.69) is 4.98 Å². The van der Waals surface area contributed by atoms with Crippen LogP contribution in [-0.2, 0) is 16.1 Å². The molecule has 4 rings (SSSR count). The minimum Gasteiger partial charge on any atom is -0.484 e. The summed E-state index contributed by atoms with van der Waals surface area (Å²) in [6.07, 6.45) is 1.54. The number of nitrogens with zero attached hydrogens (tertiary/aromatic N) is 3. The lowest BCUT2D eigenvalue weighted by atomic mass is 10.1. The molecule has 0 aliphatic rings. The molecule has 0 saturated carbocycles. The largest absolute Gasteiger partial charge is 0.484 e. The van der Waals surface area contributed by atoms with E-state index in [0.29, 0.717) is 29.3 Å². The number of carbonyl (C=O) groups is 3. The van der Waals surface area contributed by atoms with Crippen LogP contribution >= 0.6 is 11.3 Å². The van der Waals surface area contributed by atoms with Crippen molar-refractivity contribution >= 4 is 45.6 Å². The predicted octanol–water partition coefficient (Wildman–Crippen LogP) is 3.74. The number of carbonyl (C=O) groups excluding carboxylic acids is 3. The van der Waals surface area contributed by atoms with Crippen molar-refractivity contribution in [3.05, 3.63) is 88.9 Å². The number of primary amides is 1. The smallest absolute Gasteiger partial charge is 0.260 e. The van der Waals surface area contributed by atoms with E-state index in [4.69, 9.17) is 20.6 Å². The lowest BCUT2D eigenvalue weighted by Crippen LogP contribution is -2.39. The van der Waals surface area contributed by atoms with Crippen LogP contribution in [0.25, 0.3) is 0 Å². The molecule has 1 atom stereocenters. The van der Waals surface area contributed by atoms with Gasteiger partial charge in [0, 0.05) is 18.3 Å². The van der Waals surface area contributed by atoms with Crippen molar-refractivity contribution in [2.24, 2.45) is 5.73 Å². The number of benzene rings is 2. The van der Waals surface area contributed by atoms with Gasteiger partial charge in [0.05, 0.1) is 12.8 Å². The van der Waals surface area contributed by atoms with Crippen LogP contribution in [0.5, 0.6) is 5.75 Å². The molecule has 4 N–H and O–H groups in total. The zero-order valence-corrected chi connectivity index (χ0v) is 22.0. The number of hydrogen-bond acceptors (Lipinski definition) is 9. The number of aromatic nitrogens is 1. The number of amides is 2. The monoisotopic (exact) mass is 551 g/mol. The Bertz CT molecular complexity index is 1450. The summed E-state index contributed by atoms with van der Waals surface area (Å²) in [4.78, 5) is 45.0. The summed E-state index contributed by atoms with van der Waals surface area (Å²) >= 11 is 0.988. The summed E-state index contributed by atoms with van der Waals surface area (Å²) < 4.78 is 24.3. The fourth-order valence-electron chi connectivity index (χ4n) is 3.63. The minimum atomic E-state index is -0.846. The molecule has 2 heterocycles. The molecule has 0 saturated heterocycles. The fraction of sp³-hybridized carbons (Fsp3) is 0.185. The molecule has 39 heavy (non-hydrogen) atoms. The zero-order valence-electron chi connectivity index (χ0n) is 21.2. The molecule has 12 heteroatoms. The van der Waals surface area contributed by atoms with E-state index < -0.39 is 17.8 Å². The zero-order chi connectivity index (χ0) is 28.1. The molecule has 0 aliphatic heterocycles. The Morgan fingerprint density at radius 1 is 1.10 bits per heavy atom. The molecule has 0 unspecified atom stereocenters. The Morgan fingerprint density at radius 2 is 1.79 bits per heavy atom. The SMILES string of the molecule is C[C@H](C(N)=O)N(c1ccc(F)cc1)c1nc(N)c(C(=O)c2ccc(OCC(=O)N(C)Cc3ccco3)cc2)s1. The van der Waals surface area contributed by atoms with Crippen molar-refractivity contribution in [3.63, 3.8) is 0 Å². The fourth-order valence-corrected chi connectivity index (χ4v) is 4.68. The second kappa shape index (κ2) is 11.8. The van der Waals surface area contributed by atoms with Gasteiger partial charge >= 0.3 is 0 Å². The maximum Gasteiger partial charge on any atom is 0.260 e. The Hall–Kier alpha value is -4.71. The molecule has 2 aromatic carbocycles. The van der Waals surface area contributed by atoms with Gasteiger partial charge in [-0.3, -0.25) is 14.4 Å². The first-order chi connectivity index (χ1) is 18.6. The van der Waals surface area contributed by atoms with E-state index in [0.717, 1.165) is 11.3 Å². The lowest BCUT2D eigenvalue weighted by Gasteiger charge is -2.26. The average molecular weight is 552 g/mol. The number of likely N-dealkylation sites (N-methyl/N-ethyl adjacent to an activating group) is 1. The van der Waals surface area contributed by atoms with Crippen LogP contribution in [0.4, 0.5) is 21.0 Å². The standard InChI is InChI=1S/C27H26FN5O5S/c1-16(26(30)36)33(19-9-7-18(28)8-10-19)27-31-25(29)24(39-27)23(35)17-5-11-20(12-6-17)38-15-22(34)32(2)14-21-4-3-13-37-21/h3-13,16H,14-15,29H2,1-2H3,(H2,30,36)/t16-/m1/s1. The van der Waals surface area contributed by atoms with Gasteiger partial charge in [-0.05, 0) is 67.6 Å². The van der Waals surface area contributed by atoms with Crippen LogP contribution in [-0.4, -0.2) is 47.2 Å². The molecule has 0 spiro atoms. The third-order valence-electron chi connectivity index (χ3n) is 5.84. The number of ether oxygens (including phenoxy) is 1. The van der Waals surface area contributed by atoms with Crippen LogP contribution in [0, 0.1) is 5.82 Å². The van der Waals surface area contributed by atoms with Gasteiger partial charge in [-0.1, -0.05) is 11.3 Å². The summed E-state index contributed by atoms with van der Waals surface area (Å²) in [7, 11) is 1.64. The minimum absolute atomic E-state index is 0.0192. The Morgan fingerprint density at radius 3 is 2.41 bits per heavy atom. The van der Waals surface area contributed by atoms with Crippen molar-refractivity contribution in [2.75, 3.05) is 24.3 Å². The van der Waals surface area contributed by atoms with Gasteiger partial charge in [-0.15, -0.1) is 0 Å². The normalized spacial score (nSPS) is 11.6. The van der Waals surface area contributed by atoms with Gasteiger partial charge in [0.2, 0.25) is 11.7 Å². The molecular weight excluding hydrogens is 525 g/mol. The highest BCUT2D eigenvalue weighted by Crippen LogP contribution is 2.36. The number of nitrogen functional groups attached to an aromatic ring is 1. The molecule has 0 fully saturated rings. The van der Waals surface area contributed by atoms with Gasteiger partial charge < -0.3 is 30.4 Å². The topological polar surface area (TPSA) is 145 Å². The first-order valence-electron chi connectivity index (χ1n) is 11.8. The number of furan rings is 1. The van der Waals surface area contributed by atoms with Gasteiger partial charge in [-0.25, -0.2) is 9.37 Å². The lowest BCUT2D eigenvalue weighted by molar-refractivity contribution is -0.132. The number of nitrogens with two attached hydrogens (primary N) is 2. The summed E-state index contributed by atoms with van der Waals surface area (Å²) in [6.45, 7) is 1.70. The van der Waals surface area contributed by atoms with Crippen LogP contribution in [0.3, 0.4) is 0 Å². The van der Waals surface area contributed by atoms with Gasteiger partial charge in [0.1, 0.15) is 34.1 Å². The van der Waals surface area contributed by atoms with Crippen LogP contribution < -0.4 is 21.1 Å². The van der Waals surface area contributed by atoms with Crippen molar-refractivity contribution in [1.29, 1.82) is 0 Å². The third-order valence-corrected chi connectivity index (χ3v) is 6.91. The third kappa shape index (κ3) is 6.41. The Labute approximate surface area is 227 Å². The molecule has 202 valence electrons. The first-order valence-corrected chi connectivity index (χ1v) is 12.6. The Kier molecular flexibility index (Phi) is 8.25. The highest BCUT2D eigenvalue weighted by Gasteiger charge is 2.27. The first kappa shape index (κ1) is 27.3. The van der Waals surface area contributed by atoms with Crippen molar-refractivity contribution in [1.82, 2.24) is 9.88 Å². The molecule has 0 bridgehead atoms. The van der Waals surface area contributed by atoms with Crippen LogP contribution in [0.15, 0.2) is 71.3 Å². The highest BCUT2D eigenvalue weighted by atomic mass is 32.1.